The summed E-state index contributed by atoms with van der Waals surface area (Å²) in [6.07, 6.45) is -4.77. The topological polar surface area (TPSA) is 32.7 Å². The van der Waals surface area contributed by atoms with Crippen molar-refractivity contribution in [2.24, 2.45) is 0 Å². The highest BCUT2D eigenvalue weighted by atomic mass is 19.4. The van der Waals surface area contributed by atoms with Crippen LogP contribution in [0.2, 0.25) is 0 Å². The van der Waals surface area contributed by atoms with Crippen molar-refractivity contribution in [3.05, 3.63) is 54.1 Å². The van der Waals surface area contributed by atoms with Crippen LogP contribution >= 0.6 is 0 Å². The first-order valence-corrected chi connectivity index (χ1v) is 6.80. The average Bonchev–Trinajstić information content (AvgIpc) is 2.53. The van der Waals surface area contributed by atoms with Gasteiger partial charge in [-0.2, -0.15) is 13.2 Å². The number of alkyl halides is 3. The number of anilines is 2. The van der Waals surface area contributed by atoms with E-state index in [-0.39, 0.29) is 6.61 Å². The summed E-state index contributed by atoms with van der Waals surface area (Å²) in [7, 11) is 0. The predicted molar refractivity (Wildman–Crippen MR) is 76.4 cm³/mol. The lowest BCUT2D eigenvalue weighted by Crippen LogP contribution is -2.39. The molecule has 0 saturated carbocycles. The highest BCUT2D eigenvalue weighted by Crippen LogP contribution is 2.39. The predicted octanol–water partition coefficient (Wildman–Crippen LogP) is 3.60. The number of fused-ring (bicyclic) bond motifs is 1. The number of rotatable bonds is 2. The lowest BCUT2D eigenvalue weighted by Gasteiger charge is -2.35. The van der Waals surface area contributed by atoms with Gasteiger partial charge in [0.05, 0.1) is 24.4 Å². The maximum absolute atomic E-state index is 12.7. The van der Waals surface area contributed by atoms with Crippen LogP contribution in [0.4, 0.5) is 24.5 Å². The number of ether oxygens (including phenoxy) is 1. The summed E-state index contributed by atoms with van der Waals surface area (Å²) in [4.78, 5) is 1.85. The van der Waals surface area contributed by atoms with E-state index in [2.05, 4.69) is 0 Å². The summed E-state index contributed by atoms with van der Waals surface area (Å²) in [6, 6.07) is 12.2. The molecular weight excluding hydrogens is 295 g/mol. The van der Waals surface area contributed by atoms with Crippen molar-refractivity contribution in [2.45, 2.75) is 12.3 Å². The van der Waals surface area contributed by atoms with E-state index in [9.17, 15) is 18.3 Å². The van der Waals surface area contributed by atoms with Crippen LogP contribution in [0, 0.1) is 0 Å². The lowest BCUT2D eigenvalue weighted by atomic mass is 10.1. The summed E-state index contributed by atoms with van der Waals surface area (Å²) in [5.74, 6) is 0.604. The number of hydrogen-bond acceptors (Lipinski definition) is 3. The molecule has 2 aromatic rings. The van der Waals surface area contributed by atoms with Crippen molar-refractivity contribution >= 4 is 11.4 Å². The Morgan fingerprint density at radius 2 is 1.77 bits per heavy atom. The van der Waals surface area contributed by atoms with Crippen LogP contribution in [0.3, 0.4) is 0 Å². The second-order valence-electron chi connectivity index (χ2n) is 5.05. The SMILES string of the molecule is OCC1CN(c2ccc(C(F)(F)F)cc2)c2ccccc2O1. The van der Waals surface area contributed by atoms with Crippen LogP contribution in [-0.2, 0) is 6.18 Å². The van der Waals surface area contributed by atoms with Gasteiger partial charge in [0.15, 0.2) is 0 Å². The number of aliphatic hydroxyl groups excluding tert-OH is 1. The molecule has 0 amide bonds. The van der Waals surface area contributed by atoms with Crippen molar-refractivity contribution < 1.29 is 23.0 Å². The van der Waals surface area contributed by atoms with E-state index in [1.54, 1.807) is 6.07 Å². The van der Waals surface area contributed by atoms with Crippen LogP contribution in [0.1, 0.15) is 5.56 Å². The third kappa shape index (κ3) is 2.74. The van der Waals surface area contributed by atoms with Gasteiger partial charge in [0.1, 0.15) is 11.9 Å². The molecule has 6 heteroatoms. The van der Waals surface area contributed by atoms with Crippen molar-refractivity contribution in [2.75, 3.05) is 18.1 Å². The minimum Gasteiger partial charge on any atom is -0.484 e. The normalized spacial score (nSPS) is 17.8. The quantitative estimate of drug-likeness (QED) is 0.920. The summed E-state index contributed by atoms with van der Waals surface area (Å²) in [5.41, 5.74) is 0.714. The molecule has 0 bridgehead atoms. The second kappa shape index (κ2) is 5.53. The fourth-order valence-electron chi connectivity index (χ4n) is 2.47. The van der Waals surface area contributed by atoms with Crippen molar-refractivity contribution in [1.29, 1.82) is 0 Å². The zero-order valence-electron chi connectivity index (χ0n) is 11.5. The van der Waals surface area contributed by atoms with Gasteiger partial charge in [-0.3, -0.25) is 0 Å². The van der Waals surface area contributed by atoms with Gasteiger partial charge in [0, 0.05) is 5.69 Å². The van der Waals surface area contributed by atoms with Crippen LogP contribution in [0.25, 0.3) is 0 Å². The minimum atomic E-state index is -4.35. The van der Waals surface area contributed by atoms with Crippen LogP contribution in [0.15, 0.2) is 48.5 Å². The molecule has 0 saturated heterocycles. The summed E-state index contributed by atoms with van der Waals surface area (Å²) >= 11 is 0. The Morgan fingerprint density at radius 1 is 1.09 bits per heavy atom. The zero-order chi connectivity index (χ0) is 15.7. The smallest absolute Gasteiger partial charge is 0.416 e. The molecule has 3 nitrogen and oxygen atoms in total. The average molecular weight is 309 g/mol. The summed E-state index contributed by atoms with van der Waals surface area (Å²) in [6.45, 7) is 0.213. The first-order valence-electron chi connectivity index (χ1n) is 6.80. The Labute approximate surface area is 125 Å². The number of nitrogens with zero attached hydrogens (tertiary/aromatic N) is 1. The number of benzene rings is 2. The fraction of sp³-hybridized carbons (Fsp3) is 0.250. The molecule has 1 aliphatic heterocycles. The number of para-hydroxylation sites is 2. The van der Waals surface area contributed by atoms with Gasteiger partial charge in [-0.25, -0.2) is 0 Å². The molecule has 116 valence electrons. The maximum atomic E-state index is 12.7. The molecular formula is C16H14F3NO2. The molecule has 1 atom stereocenters. The van der Waals surface area contributed by atoms with E-state index in [4.69, 9.17) is 4.74 Å². The molecule has 2 aromatic carbocycles. The Bertz CT molecular complexity index is 655. The first kappa shape index (κ1) is 14.7. The Kier molecular flexibility index (Phi) is 3.70. The summed E-state index contributed by atoms with van der Waals surface area (Å²) in [5, 5.41) is 9.33. The third-order valence-corrected chi connectivity index (χ3v) is 3.55. The fourth-order valence-corrected chi connectivity index (χ4v) is 2.47. The van der Waals surface area contributed by atoms with Gasteiger partial charge in [-0.15, -0.1) is 0 Å². The van der Waals surface area contributed by atoms with E-state index in [0.717, 1.165) is 17.8 Å². The van der Waals surface area contributed by atoms with Crippen molar-refractivity contribution in [3.63, 3.8) is 0 Å². The number of hydrogen-bond donors (Lipinski definition) is 1. The summed E-state index contributed by atoms with van der Waals surface area (Å²) < 4.78 is 43.6. The Morgan fingerprint density at radius 3 is 2.41 bits per heavy atom. The second-order valence-corrected chi connectivity index (χ2v) is 5.05. The van der Waals surface area contributed by atoms with E-state index in [0.29, 0.717) is 18.0 Å². The third-order valence-electron chi connectivity index (χ3n) is 3.55. The molecule has 1 unspecified atom stereocenters. The minimum absolute atomic E-state index is 0.161. The number of halogens is 3. The molecule has 1 heterocycles. The van der Waals surface area contributed by atoms with Gasteiger partial charge in [-0.05, 0) is 36.4 Å². The van der Waals surface area contributed by atoms with Crippen LogP contribution in [0.5, 0.6) is 5.75 Å². The highest BCUT2D eigenvalue weighted by Gasteiger charge is 2.31. The monoisotopic (exact) mass is 309 g/mol. The van der Waals surface area contributed by atoms with Crippen molar-refractivity contribution in [3.8, 4) is 5.75 Å². The molecule has 0 aliphatic carbocycles. The zero-order valence-corrected chi connectivity index (χ0v) is 11.5. The molecule has 3 rings (SSSR count). The van der Waals surface area contributed by atoms with Gasteiger partial charge in [0.25, 0.3) is 0 Å². The van der Waals surface area contributed by atoms with E-state index in [1.807, 2.05) is 23.1 Å². The molecule has 0 aromatic heterocycles. The van der Waals surface area contributed by atoms with E-state index < -0.39 is 17.8 Å². The van der Waals surface area contributed by atoms with Gasteiger partial charge >= 0.3 is 6.18 Å². The maximum Gasteiger partial charge on any atom is 0.416 e. The highest BCUT2D eigenvalue weighted by molar-refractivity contribution is 5.70. The van der Waals surface area contributed by atoms with Gasteiger partial charge < -0.3 is 14.7 Å². The van der Waals surface area contributed by atoms with Gasteiger partial charge in [-0.1, -0.05) is 12.1 Å². The molecule has 1 aliphatic rings. The molecule has 1 N–H and O–H groups in total. The largest absolute Gasteiger partial charge is 0.484 e. The molecule has 0 spiro atoms. The Hall–Kier alpha value is -2.21. The molecule has 0 radical (unpaired) electrons. The number of aliphatic hydroxyl groups is 1. The van der Waals surface area contributed by atoms with E-state index >= 15 is 0 Å². The van der Waals surface area contributed by atoms with Crippen molar-refractivity contribution in [1.82, 2.24) is 0 Å². The van der Waals surface area contributed by atoms with Gasteiger partial charge in [0.2, 0.25) is 0 Å². The molecule has 22 heavy (non-hydrogen) atoms. The molecule has 0 fully saturated rings. The Balaban J connectivity index is 1.97. The standard InChI is InChI=1S/C16H14F3NO2/c17-16(18,19)11-5-7-12(8-6-11)20-9-13(10-21)22-15-4-2-1-3-14(15)20/h1-8,13,21H,9-10H2. The first-order chi connectivity index (χ1) is 10.5. The van der Waals surface area contributed by atoms with E-state index in [1.165, 1.54) is 12.1 Å². The lowest BCUT2D eigenvalue weighted by molar-refractivity contribution is -0.137. The van der Waals surface area contributed by atoms with Crippen LogP contribution < -0.4 is 9.64 Å². The van der Waals surface area contributed by atoms with Crippen LogP contribution in [-0.4, -0.2) is 24.4 Å².